The molecule has 0 spiro atoms. The molecule has 0 amide bonds. The molecule has 20 heavy (non-hydrogen) atoms. The van der Waals surface area contributed by atoms with Gasteiger partial charge in [0.05, 0.1) is 0 Å². The van der Waals surface area contributed by atoms with Gasteiger partial charge in [-0.05, 0) is 45.6 Å². The minimum absolute atomic E-state index is 0.403. The number of nitrogens with zero attached hydrogens (tertiary/aromatic N) is 1. The predicted molar refractivity (Wildman–Crippen MR) is 88.3 cm³/mol. The Morgan fingerprint density at radius 1 is 1.10 bits per heavy atom. The number of rotatable bonds is 6. The quantitative estimate of drug-likeness (QED) is 0.864. The zero-order valence-electron chi connectivity index (χ0n) is 12.8. The molecule has 0 radical (unpaired) electrons. The fourth-order valence-electron chi connectivity index (χ4n) is 2.35. The molecule has 1 N–H and O–H groups in total. The highest BCUT2D eigenvalue weighted by molar-refractivity contribution is 7.12. The van der Waals surface area contributed by atoms with Crippen molar-refractivity contribution < 1.29 is 0 Å². The lowest BCUT2D eigenvalue weighted by Crippen LogP contribution is -2.32. The van der Waals surface area contributed by atoms with Gasteiger partial charge in [-0.1, -0.05) is 30.3 Å². The second kappa shape index (κ2) is 7.02. The molecule has 2 rings (SSSR count). The molecule has 0 aliphatic heterocycles. The highest BCUT2D eigenvalue weighted by Crippen LogP contribution is 2.24. The largest absolute Gasteiger partial charge is 0.308 e. The first-order valence-electron chi connectivity index (χ1n) is 7.09. The Morgan fingerprint density at radius 3 is 2.35 bits per heavy atom. The van der Waals surface area contributed by atoms with Gasteiger partial charge in [-0.15, -0.1) is 11.3 Å². The van der Waals surface area contributed by atoms with Crippen molar-refractivity contribution in [2.75, 3.05) is 20.6 Å². The average molecular weight is 288 g/mol. The van der Waals surface area contributed by atoms with Crippen LogP contribution >= 0.6 is 11.3 Å². The Morgan fingerprint density at radius 2 is 1.80 bits per heavy atom. The average Bonchev–Trinajstić information content (AvgIpc) is 2.86. The second-order valence-corrected chi connectivity index (χ2v) is 6.79. The zero-order chi connectivity index (χ0) is 14.5. The summed E-state index contributed by atoms with van der Waals surface area (Å²) < 4.78 is 0. The molecule has 3 heteroatoms. The standard InChI is InChI=1S/C17H24N2S/c1-13-10-11-17(20-13)14(2)18-12-16(19(3)4)15-8-6-5-7-9-15/h5-11,14,16,18H,12H2,1-4H3. The number of hydrogen-bond acceptors (Lipinski definition) is 3. The van der Waals surface area contributed by atoms with Crippen LogP contribution < -0.4 is 5.32 Å². The number of likely N-dealkylation sites (N-methyl/N-ethyl adjacent to an activating group) is 1. The lowest BCUT2D eigenvalue weighted by atomic mass is 10.1. The van der Waals surface area contributed by atoms with E-state index in [-0.39, 0.29) is 0 Å². The molecule has 2 nitrogen and oxygen atoms in total. The van der Waals surface area contributed by atoms with E-state index in [2.05, 4.69) is 80.6 Å². The first-order valence-corrected chi connectivity index (χ1v) is 7.90. The molecule has 108 valence electrons. The van der Waals surface area contributed by atoms with Crippen molar-refractivity contribution in [1.29, 1.82) is 0 Å². The number of hydrogen-bond donors (Lipinski definition) is 1. The van der Waals surface area contributed by atoms with E-state index in [4.69, 9.17) is 0 Å². The van der Waals surface area contributed by atoms with E-state index in [0.29, 0.717) is 12.1 Å². The Bertz CT molecular complexity index is 519. The van der Waals surface area contributed by atoms with Gasteiger partial charge in [-0.25, -0.2) is 0 Å². The van der Waals surface area contributed by atoms with Crippen LogP contribution in [0.3, 0.4) is 0 Å². The van der Waals surface area contributed by atoms with Gasteiger partial charge in [0, 0.05) is 28.4 Å². The number of nitrogens with one attached hydrogen (secondary N) is 1. The summed E-state index contributed by atoms with van der Waals surface area (Å²) in [6, 6.07) is 15.9. The topological polar surface area (TPSA) is 15.3 Å². The Balaban J connectivity index is 1.99. The van der Waals surface area contributed by atoms with Crippen LogP contribution in [0.15, 0.2) is 42.5 Å². The van der Waals surface area contributed by atoms with Gasteiger partial charge in [0.25, 0.3) is 0 Å². The van der Waals surface area contributed by atoms with Crippen LogP contribution in [-0.2, 0) is 0 Å². The van der Waals surface area contributed by atoms with Crippen molar-refractivity contribution in [1.82, 2.24) is 10.2 Å². The maximum absolute atomic E-state index is 3.66. The summed E-state index contributed by atoms with van der Waals surface area (Å²) in [5.41, 5.74) is 1.36. The molecule has 1 heterocycles. The highest BCUT2D eigenvalue weighted by Gasteiger charge is 2.15. The molecule has 1 aromatic heterocycles. The molecule has 0 saturated heterocycles. The molecular weight excluding hydrogens is 264 g/mol. The van der Waals surface area contributed by atoms with Crippen LogP contribution in [-0.4, -0.2) is 25.5 Å². The van der Waals surface area contributed by atoms with Crippen molar-refractivity contribution in [3.63, 3.8) is 0 Å². The maximum atomic E-state index is 3.66. The van der Waals surface area contributed by atoms with E-state index in [0.717, 1.165) is 6.54 Å². The minimum atomic E-state index is 0.403. The van der Waals surface area contributed by atoms with Crippen LogP contribution in [0, 0.1) is 6.92 Å². The summed E-state index contributed by atoms with van der Waals surface area (Å²) in [5, 5.41) is 3.66. The van der Waals surface area contributed by atoms with Crippen molar-refractivity contribution in [3.8, 4) is 0 Å². The van der Waals surface area contributed by atoms with Crippen LogP contribution in [0.2, 0.25) is 0 Å². The van der Waals surface area contributed by atoms with Crippen molar-refractivity contribution in [3.05, 3.63) is 57.8 Å². The molecule has 2 unspecified atom stereocenters. The number of thiophene rings is 1. The van der Waals surface area contributed by atoms with E-state index in [1.807, 2.05) is 11.3 Å². The minimum Gasteiger partial charge on any atom is -0.308 e. The fourth-order valence-corrected chi connectivity index (χ4v) is 3.25. The number of aryl methyl sites for hydroxylation is 1. The molecule has 0 bridgehead atoms. The normalized spacial score (nSPS) is 14.4. The van der Waals surface area contributed by atoms with Crippen LogP contribution in [0.1, 0.15) is 34.3 Å². The summed E-state index contributed by atoms with van der Waals surface area (Å²) in [5.74, 6) is 0. The molecular formula is C17H24N2S. The van der Waals surface area contributed by atoms with Crippen LogP contribution in [0.4, 0.5) is 0 Å². The maximum Gasteiger partial charge on any atom is 0.0467 e. The third-order valence-electron chi connectivity index (χ3n) is 3.61. The molecule has 0 saturated carbocycles. The van der Waals surface area contributed by atoms with E-state index >= 15 is 0 Å². The fraction of sp³-hybridized carbons (Fsp3) is 0.412. The third-order valence-corrected chi connectivity index (χ3v) is 4.80. The van der Waals surface area contributed by atoms with E-state index in [9.17, 15) is 0 Å². The summed E-state index contributed by atoms with van der Waals surface area (Å²) in [6.07, 6.45) is 0. The van der Waals surface area contributed by atoms with Gasteiger partial charge in [-0.2, -0.15) is 0 Å². The SMILES string of the molecule is Cc1ccc(C(C)NCC(c2ccccc2)N(C)C)s1. The number of benzene rings is 1. The van der Waals surface area contributed by atoms with Crippen molar-refractivity contribution in [2.24, 2.45) is 0 Å². The zero-order valence-corrected chi connectivity index (χ0v) is 13.6. The molecule has 2 aromatic rings. The lowest BCUT2D eigenvalue weighted by molar-refractivity contribution is 0.282. The van der Waals surface area contributed by atoms with Gasteiger partial charge in [0.1, 0.15) is 0 Å². The van der Waals surface area contributed by atoms with Gasteiger partial charge in [-0.3, -0.25) is 0 Å². The molecule has 0 aliphatic carbocycles. The van der Waals surface area contributed by atoms with E-state index in [1.54, 1.807) is 0 Å². The van der Waals surface area contributed by atoms with Crippen LogP contribution in [0.25, 0.3) is 0 Å². The smallest absolute Gasteiger partial charge is 0.0467 e. The van der Waals surface area contributed by atoms with Crippen molar-refractivity contribution in [2.45, 2.75) is 25.9 Å². The highest BCUT2D eigenvalue weighted by atomic mass is 32.1. The molecule has 2 atom stereocenters. The first kappa shape index (κ1) is 15.2. The summed E-state index contributed by atoms with van der Waals surface area (Å²) in [6.45, 7) is 5.35. The summed E-state index contributed by atoms with van der Waals surface area (Å²) in [4.78, 5) is 5.06. The Kier molecular flexibility index (Phi) is 5.35. The second-order valence-electron chi connectivity index (χ2n) is 5.47. The molecule has 1 aromatic carbocycles. The molecule has 0 aliphatic rings. The summed E-state index contributed by atoms with van der Waals surface area (Å²) in [7, 11) is 4.28. The molecule has 0 fully saturated rings. The van der Waals surface area contributed by atoms with Gasteiger partial charge in [0.15, 0.2) is 0 Å². The lowest BCUT2D eigenvalue weighted by Gasteiger charge is -2.26. The van der Waals surface area contributed by atoms with Gasteiger partial charge in [0.2, 0.25) is 0 Å². The van der Waals surface area contributed by atoms with Crippen molar-refractivity contribution >= 4 is 11.3 Å². The van der Waals surface area contributed by atoms with E-state index < -0.39 is 0 Å². The Labute approximate surface area is 126 Å². The summed E-state index contributed by atoms with van der Waals surface area (Å²) >= 11 is 1.88. The third kappa shape index (κ3) is 3.92. The van der Waals surface area contributed by atoms with E-state index in [1.165, 1.54) is 15.3 Å². The Hall–Kier alpha value is -1.16. The van der Waals surface area contributed by atoms with Gasteiger partial charge >= 0.3 is 0 Å². The van der Waals surface area contributed by atoms with Crippen LogP contribution in [0.5, 0.6) is 0 Å². The monoisotopic (exact) mass is 288 g/mol. The van der Waals surface area contributed by atoms with Gasteiger partial charge < -0.3 is 10.2 Å². The first-order chi connectivity index (χ1) is 9.58. The predicted octanol–water partition coefficient (Wildman–Crippen LogP) is 4.01.